The number of carboxylic acid groups (broad SMARTS) is 1. The van der Waals surface area contributed by atoms with E-state index in [4.69, 9.17) is 9.84 Å². The van der Waals surface area contributed by atoms with E-state index in [1.165, 1.54) is 0 Å². The maximum absolute atomic E-state index is 12.6. The van der Waals surface area contributed by atoms with Gasteiger partial charge >= 0.3 is 11.9 Å². The molecule has 0 aromatic heterocycles. The number of carboxylic acids is 1. The van der Waals surface area contributed by atoms with Crippen LogP contribution in [0.25, 0.3) is 0 Å². The maximum atomic E-state index is 12.6. The Morgan fingerprint density at radius 3 is 1.72 bits per heavy atom. The van der Waals surface area contributed by atoms with E-state index in [1.54, 1.807) is 0 Å². The fraction of sp³-hybridized carbons (Fsp3) is 0.300. The third-order valence-corrected chi connectivity index (χ3v) is 4.81. The number of benzene rings is 2. The van der Waals surface area contributed by atoms with Crippen molar-refractivity contribution >= 4 is 11.9 Å². The van der Waals surface area contributed by atoms with Crippen molar-refractivity contribution in [1.82, 2.24) is 0 Å². The molecule has 1 fully saturated rings. The van der Waals surface area contributed by atoms with Crippen LogP contribution >= 0.6 is 0 Å². The Balaban J connectivity index is 1.99. The number of ether oxygens (including phenoxy) is 1. The summed E-state index contributed by atoms with van der Waals surface area (Å²) >= 11 is 0. The van der Waals surface area contributed by atoms with Gasteiger partial charge in [0.25, 0.3) is 0 Å². The molecule has 2 atom stereocenters. The zero-order valence-corrected chi connectivity index (χ0v) is 13.6. The molecule has 0 amide bonds. The van der Waals surface area contributed by atoms with E-state index < -0.39 is 35.6 Å². The molecule has 5 heteroatoms. The summed E-state index contributed by atoms with van der Waals surface area (Å²) in [6, 6.07) is 18.4. The molecule has 0 spiro atoms. The molecule has 3 rings (SSSR count). The van der Waals surface area contributed by atoms with Crippen LogP contribution < -0.4 is 0 Å². The fourth-order valence-corrected chi connectivity index (χ4v) is 3.77. The molecule has 25 heavy (non-hydrogen) atoms. The lowest BCUT2D eigenvalue weighted by atomic mass is 9.52. The summed E-state index contributed by atoms with van der Waals surface area (Å²) in [6.45, 7) is -0.344. The highest BCUT2D eigenvalue weighted by Gasteiger charge is 2.59. The van der Waals surface area contributed by atoms with Gasteiger partial charge in [0.2, 0.25) is 0 Å². The van der Waals surface area contributed by atoms with E-state index in [9.17, 15) is 14.7 Å². The van der Waals surface area contributed by atoms with E-state index in [1.807, 2.05) is 60.7 Å². The summed E-state index contributed by atoms with van der Waals surface area (Å²) in [5.41, 5.74) is 1.63. The number of aliphatic hydroxyl groups is 1. The summed E-state index contributed by atoms with van der Waals surface area (Å²) in [4.78, 5) is 24.5. The number of rotatable bonds is 6. The Morgan fingerprint density at radius 1 is 0.840 bits per heavy atom. The number of aliphatic hydroxyl groups excluding tert-OH is 1. The minimum Gasteiger partial charge on any atom is -0.481 e. The third-order valence-electron chi connectivity index (χ3n) is 4.81. The molecule has 0 bridgehead atoms. The van der Waals surface area contributed by atoms with Crippen molar-refractivity contribution in [3.05, 3.63) is 71.8 Å². The maximum Gasteiger partial charge on any atom is 0.310 e. The van der Waals surface area contributed by atoms with E-state index >= 15 is 0 Å². The summed E-state index contributed by atoms with van der Waals surface area (Å²) in [7, 11) is 0. The topological polar surface area (TPSA) is 83.8 Å². The van der Waals surface area contributed by atoms with Crippen molar-refractivity contribution in [2.75, 3.05) is 13.2 Å². The molecule has 0 aliphatic heterocycles. The second kappa shape index (κ2) is 7.49. The van der Waals surface area contributed by atoms with Crippen LogP contribution in [0.4, 0.5) is 0 Å². The molecule has 0 unspecified atom stereocenters. The first-order valence-corrected chi connectivity index (χ1v) is 8.25. The van der Waals surface area contributed by atoms with Gasteiger partial charge in [-0.3, -0.25) is 9.59 Å². The molecule has 0 saturated heterocycles. The first-order valence-electron chi connectivity index (χ1n) is 8.25. The van der Waals surface area contributed by atoms with Gasteiger partial charge in [-0.1, -0.05) is 60.7 Å². The molecular weight excluding hydrogens is 320 g/mol. The smallest absolute Gasteiger partial charge is 0.310 e. The van der Waals surface area contributed by atoms with Crippen LogP contribution in [0.15, 0.2) is 60.7 Å². The Labute approximate surface area is 145 Å². The minimum absolute atomic E-state index is 0.0872. The van der Waals surface area contributed by atoms with Crippen molar-refractivity contribution in [3.63, 3.8) is 0 Å². The van der Waals surface area contributed by atoms with Crippen LogP contribution in [-0.2, 0) is 14.3 Å². The zero-order valence-electron chi connectivity index (χ0n) is 13.6. The molecule has 1 saturated carbocycles. The molecule has 5 nitrogen and oxygen atoms in total. The van der Waals surface area contributed by atoms with E-state index in [-0.39, 0.29) is 13.2 Å². The second-order valence-electron chi connectivity index (χ2n) is 6.15. The lowest BCUT2D eigenvalue weighted by Gasteiger charge is -2.49. The van der Waals surface area contributed by atoms with Crippen LogP contribution in [0.3, 0.4) is 0 Å². The normalized spacial score (nSPS) is 25.0. The van der Waals surface area contributed by atoms with Gasteiger partial charge in [0, 0.05) is 11.8 Å². The number of esters is 1. The third kappa shape index (κ3) is 3.28. The lowest BCUT2D eigenvalue weighted by Crippen LogP contribution is -2.51. The van der Waals surface area contributed by atoms with Gasteiger partial charge in [-0.25, -0.2) is 0 Å². The van der Waals surface area contributed by atoms with Crippen LogP contribution in [0.5, 0.6) is 0 Å². The highest BCUT2D eigenvalue weighted by atomic mass is 16.5. The number of hydrogen-bond donors (Lipinski definition) is 2. The minimum atomic E-state index is -0.922. The predicted octanol–water partition coefficient (Wildman–Crippen LogP) is 2.42. The number of carbonyl (C=O) groups is 2. The average Bonchev–Trinajstić information content (AvgIpc) is 2.60. The van der Waals surface area contributed by atoms with Crippen molar-refractivity contribution in [2.24, 2.45) is 11.8 Å². The van der Waals surface area contributed by atoms with Gasteiger partial charge in [-0.15, -0.1) is 0 Å². The quantitative estimate of drug-likeness (QED) is 0.789. The van der Waals surface area contributed by atoms with E-state index in [0.29, 0.717) is 0 Å². The largest absolute Gasteiger partial charge is 0.481 e. The number of aliphatic carboxylic acids is 1. The van der Waals surface area contributed by atoms with E-state index in [0.717, 1.165) is 11.1 Å². The van der Waals surface area contributed by atoms with E-state index in [2.05, 4.69) is 0 Å². The van der Waals surface area contributed by atoms with Crippen molar-refractivity contribution < 1.29 is 24.5 Å². The average molecular weight is 340 g/mol. The second-order valence-corrected chi connectivity index (χ2v) is 6.15. The highest BCUT2D eigenvalue weighted by Crippen LogP contribution is 2.57. The molecule has 1 aliphatic carbocycles. The Bertz CT molecular complexity index is 681. The van der Waals surface area contributed by atoms with Gasteiger partial charge in [-0.05, 0) is 11.1 Å². The van der Waals surface area contributed by atoms with Gasteiger partial charge in [-0.2, -0.15) is 0 Å². The SMILES string of the molecule is O=C(O)C1[C@H](c2ccccc2)C(C(=O)OCCO)[C@H]1c1ccccc1. The van der Waals surface area contributed by atoms with Gasteiger partial charge < -0.3 is 14.9 Å². The molecule has 130 valence electrons. The monoisotopic (exact) mass is 340 g/mol. The van der Waals surface area contributed by atoms with Crippen molar-refractivity contribution in [2.45, 2.75) is 11.8 Å². The molecular formula is C20H20O5. The summed E-state index contributed by atoms with van der Waals surface area (Å²) < 4.78 is 5.14. The standard InChI is InChI=1S/C20H20O5/c21-11-12-25-20(24)18-15(13-7-3-1-4-8-13)17(19(22)23)16(18)14-9-5-2-6-10-14/h1-10,15-18,21H,11-12H2,(H,22,23)/t15-,16-,17?,18?/m0/s1. The van der Waals surface area contributed by atoms with Crippen LogP contribution in [0.1, 0.15) is 23.0 Å². The van der Waals surface area contributed by atoms with Crippen molar-refractivity contribution in [3.8, 4) is 0 Å². The molecule has 2 aromatic carbocycles. The number of hydrogen-bond acceptors (Lipinski definition) is 4. The summed E-state index contributed by atoms with van der Waals surface area (Å²) in [5, 5.41) is 18.7. The summed E-state index contributed by atoms with van der Waals surface area (Å²) in [6.07, 6.45) is 0. The Hall–Kier alpha value is -2.66. The predicted molar refractivity (Wildman–Crippen MR) is 91.0 cm³/mol. The molecule has 2 aromatic rings. The van der Waals surface area contributed by atoms with Crippen molar-refractivity contribution in [1.29, 1.82) is 0 Å². The number of carbonyl (C=O) groups excluding carboxylic acids is 1. The summed E-state index contributed by atoms with van der Waals surface area (Å²) in [5.74, 6) is -3.57. The Kier molecular flexibility index (Phi) is 5.14. The zero-order chi connectivity index (χ0) is 17.8. The van der Waals surface area contributed by atoms with Gasteiger partial charge in [0.1, 0.15) is 6.61 Å². The first kappa shape index (κ1) is 17.2. The first-order chi connectivity index (χ1) is 12.1. The van der Waals surface area contributed by atoms with Gasteiger partial charge in [0.15, 0.2) is 0 Å². The molecule has 1 aliphatic rings. The lowest BCUT2D eigenvalue weighted by molar-refractivity contribution is -0.164. The molecule has 0 heterocycles. The Morgan fingerprint density at radius 2 is 1.32 bits per heavy atom. The van der Waals surface area contributed by atoms with Crippen LogP contribution in [-0.4, -0.2) is 35.4 Å². The van der Waals surface area contributed by atoms with Crippen LogP contribution in [0, 0.1) is 11.8 Å². The molecule has 0 radical (unpaired) electrons. The molecule has 2 N–H and O–H groups in total. The highest BCUT2D eigenvalue weighted by molar-refractivity contribution is 5.84. The van der Waals surface area contributed by atoms with Crippen LogP contribution in [0.2, 0.25) is 0 Å². The fourth-order valence-electron chi connectivity index (χ4n) is 3.77. The van der Waals surface area contributed by atoms with Gasteiger partial charge in [0.05, 0.1) is 18.4 Å².